The van der Waals surface area contributed by atoms with E-state index in [1.165, 1.54) is 4.90 Å². The number of nitrogens with two attached hydrogens (primary N) is 1. The van der Waals surface area contributed by atoms with E-state index in [1.807, 2.05) is 0 Å². The first-order valence-corrected chi connectivity index (χ1v) is 6.54. The highest BCUT2D eigenvalue weighted by atomic mass is 32.2. The summed E-state index contributed by atoms with van der Waals surface area (Å²) in [6.07, 6.45) is 0. The Morgan fingerprint density at radius 3 is 2.56 bits per heavy atom. The fourth-order valence-electron chi connectivity index (χ4n) is 1.35. The first-order valence-electron chi connectivity index (χ1n) is 5.06. The van der Waals surface area contributed by atoms with E-state index < -0.39 is 39.7 Å². The summed E-state index contributed by atoms with van der Waals surface area (Å²) in [5.41, 5.74) is 5.17. The van der Waals surface area contributed by atoms with Crippen LogP contribution in [0.3, 0.4) is 0 Å². The summed E-state index contributed by atoms with van der Waals surface area (Å²) in [6, 6.07) is -2.04. The average Bonchev–Trinajstić information content (AvgIpc) is 2.13. The topological polar surface area (TPSA) is 144 Å². The second-order valence-electron chi connectivity index (χ2n) is 3.93. The van der Waals surface area contributed by atoms with Crippen molar-refractivity contribution in [3.63, 3.8) is 0 Å². The van der Waals surface area contributed by atoms with Crippen LogP contribution in [0.2, 0.25) is 0 Å². The first-order chi connectivity index (χ1) is 8.31. The number of aliphatic carboxylic acids is 1. The summed E-state index contributed by atoms with van der Waals surface area (Å²) in [6.45, 7) is 0.0159. The molecular weight excluding hydrogens is 266 g/mol. The Morgan fingerprint density at radius 2 is 2.11 bits per heavy atom. The van der Waals surface area contributed by atoms with Crippen molar-refractivity contribution in [1.82, 2.24) is 4.90 Å². The molecule has 0 aromatic rings. The number of amides is 1. The molecule has 1 amide bonds. The highest BCUT2D eigenvalue weighted by Crippen LogP contribution is 2.11. The van der Waals surface area contributed by atoms with Crippen molar-refractivity contribution < 1.29 is 23.8 Å². The van der Waals surface area contributed by atoms with Crippen LogP contribution in [0.1, 0.15) is 0 Å². The van der Waals surface area contributed by atoms with E-state index in [-0.39, 0.29) is 24.6 Å². The van der Waals surface area contributed by atoms with Gasteiger partial charge in [0.05, 0.1) is 13.1 Å². The van der Waals surface area contributed by atoms with Crippen LogP contribution in [-0.4, -0.2) is 67.7 Å². The van der Waals surface area contributed by atoms with Gasteiger partial charge in [-0.05, 0) is 0 Å². The summed E-state index contributed by atoms with van der Waals surface area (Å²) >= 11 is 0. The van der Waals surface area contributed by atoms with E-state index in [0.717, 1.165) is 0 Å². The minimum absolute atomic E-state index is 0.00795. The predicted molar refractivity (Wildman–Crippen MR) is 60.9 cm³/mol. The molecule has 1 aliphatic rings. The van der Waals surface area contributed by atoms with E-state index >= 15 is 0 Å². The molecule has 0 bridgehead atoms. The highest BCUT2D eigenvalue weighted by Gasteiger charge is 2.39. The monoisotopic (exact) mass is 279 g/mol. The lowest BCUT2D eigenvalue weighted by Crippen LogP contribution is -2.58. The molecule has 1 heterocycles. The molecule has 102 valence electrons. The van der Waals surface area contributed by atoms with Crippen molar-refractivity contribution in [3.8, 4) is 0 Å². The van der Waals surface area contributed by atoms with Crippen LogP contribution in [0.15, 0.2) is 0 Å². The van der Waals surface area contributed by atoms with E-state index in [2.05, 4.69) is 0 Å². The molecule has 0 aromatic carbocycles. The van der Waals surface area contributed by atoms with E-state index in [4.69, 9.17) is 10.8 Å². The van der Waals surface area contributed by atoms with Gasteiger partial charge in [0.1, 0.15) is 11.8 Å². The molecule has 0 aromatic heterocycles. The van der Waals surface area contributed by atoms with Crippen molar-refractivity contribution in [3.05, 3.63) is 10.1 Å². The predicted octanol–water partition coefficient (Wildman–Crippen LogP) is -2.37. The molecule has 1 aliphatic heterocycles. The maximum absolute atomic E-state index is 11.5. The van der Waals surface area contributed by atoms with Crippen molar-refractivity contribution in [1.29, 1.82) is 0 Å². The molecule has 0 radical (unpaired) electrons. The van der Waals surface area contributed by atoms with E-state index in [1.54, 1.807) is 0 Å². The van der Waals surface area contributed by atoms with Gasteiger partial charge in [-0.15, -0.1) is 0 Å². The van der Waals surface area contributed by atoms with Gasteiger partial charge in [0, 0.05) is 21.5 Å². The number of carbonyl (C=O) groups excluding carboxylic acids is 1. The van der Waals surface area contributed by atoms with Crippen LogP contribution in [0.25, 0.3) is 0 Å². The molecule has 1 fully saturated rings. The van der Waals surface area contributed by atoms with Crippen molar-refractivity contribution in [2.24, 2.45) is 5.73 Å². The van der Waals surface area contributed by atoms with Crippen LogP contribution in [0.5, 0.6) is 0 Å². The Morgan fingerprint density at radius 1 is 1.56 bits per heavy atom. The number of carboxylic acid groups (broad SMARTS) is 1. The number of likely N-dealkylation sites (tertiary alicyclic amines) is 1. The molecule has 0 aliphatic carbocycles. The average molecular weight is 279 g/mol. The van der Waals surface area contributed by atoms with Gasteiger partial charge < -0.3 is 15.7 Å². The van der Waals surface area contributed by atoms with Crippen LogP contribution in [0, 0.1) is 10.1 Å². The number of hydrogen-bond donors (Lipinski definition) is 2. The third-order valence-corrected chi connectivity index (χ3v) is 3.78. The Bertz CT molecular complexity index is 394. The second kappa shape index (κ2) is 5.87. The Kier molecular flexibility index (Phi) is 4.73. The van der Waals surface area contributed by atoms with Gasteiger partial charge in [-0.3, -0.25) is 23.9 Å². The van der Waals surface area contributed by atoms with E-state index in [0.29, 0.717) is 0 Å². The highest BCUT2D eigenvalue weighted by molar-refractivity contribution is 7.85. The maximum Gasteiger partial charge on any atom is 0.321 e. The molecule has 10 heteroatoms. The van der Waals surface area contributed by atoms with Gasteiger partial charge in [-0.2, -0.15) is 0 Å². The summed E-state index contributed by atoms with van der Waals surface area (Å²) in [5, 5.41) is 18.8. The number of carboxylic acids is 1. The molecule has 0 saturated carbocycles. The summed E-state index contributed by atoms with van der Waals surface area (Å²) in [5.74, 6) is -2.43. The normalized spacial score (nSPS) is 18.8. The molecular formula is C8H13N3O6S. The molecule has 2 unspecified atom stereocenters. The molecule has 9 nitrogen and oxygen atoms in total. The molecule has 2 atom stereocenters. The summed E-state index contributed by atoms with van der Waals surface area (Å²) in [7, 11) is -1.68. The minimum atomic E-state index is -1.68. The molecule has 18 heavy (non-hydrogen) atoms. The third-order valence-electron chi connectivity index (χ3n) is 2.48. The minimum Gasteiger partial charge on any atom is -0.480 e. The number of hydrogen-bond acceptors (Lipinski definition) is 6. The van der Waals surface area contributed by atoms with Gasteiger partial charge >= 0.3 is 5.97 Å². The standard InChI is InChI=1S/C8H13N3O6S/c9-6(8(13)14)3-18(17)4-7(12)10-1-5(2-10)11(15)16/h5-6H,1-4,9H2,(H,13,14). The number of rotatable bonds is 6. The Labute approximate surface area is 105 Å². The summed E-state index contributed by atoms with van der Waals surface area (Å²) < 4.78 is 11.4. The Hall–Kier alpha value is -1.55. The van der Waals surface area contributed by atoms with Gasteiger partial charge in [-0.1, -0.05) is 0 Å². The smallest absolute Gasteiger partial charge is 0.321 e. The SMILES string of the molecule is NC(CS(=O)CC(=O)N1CC([N+](=O)[O-])C1)C(=O)O. The molecule has 1 saturated heterocycles. The van der Waals surface area contributed by atoms with Gasteiger partial charge in [-0.25, -0.2) is 0 Å². The van der Waals surface area contributed by atoms with Gasteiger partial charge in [0.2, 0.25) is 11.9 Å². The lowest BCUT2D eigenvalue weighted by molar-refractivity contribution is -0.536. The van der Waals surface area contributed by atoms with Gasteiger partial charge in [0.15, 0.2) is 0 Å². The van der Waals surface area contributed by atoms with Crippen molar-refractivity contribution in [2.45, 2.75) is 12.1 Å². The molecule has 0 spiro atoms. The Balaban J connectivity index is 2.31. The number of carbonyl (C=O) groups is 2. The largest absolute Gasteiger partial charge is 0.480 e. The zero-order chi connectivity index (χ0) is 13.9. The summed E-state index contributed by atoms with van der Waals surface area (Å²) in [4.78, 5) is 33.0. The lowest BCUT2D eigenvalue weighted by atomic mass is 10.1. The fourth-order valence-corrected chi connectivity index (χ4v) is 2.47. The first kappa shape index (κ1) is 14.5. The molecule has 3 N–H and O–H groups in total. The maximum atomic E-state index is 11.5. The zero-order valence-corrected chi connectivity index (χ0v) is 10.2. The van der Waals surface area contributed by atoms with Crippen molar-refractivity contribution in [2.75, 3.05) is 24.6 Å². The lowest BCUT2D eigenvalue weighted by Gasteiger charge is -2.33. The van der Waals surface area contributed by atoms with Crippen LogP contribution >= 0.6 is 0 Å². The molecule has 1 rings (SSSR count). The second-order valence-corrected chi connectivity index (χ2v) is 5.44. The number of nitrogens with zero attached hydrogens (tertiary/aromatic N) is 2. The third kappa shape index (κ3) is 3.74. The van der Waals surface area contributed by atoms with Crippen LogP contribution < -0.4 is 5.73 Å². The van der Waals surface area contributed by atoms with Crippen molar-refractivity contribution >= 4 is 22.7 Å². The van der Waals surface area contributed by atoms with Crippen LogP contribution in [-0.2, 0) is 20.4 Å². The zero-order valence-electron chi connectivity index (χ0n) is 9.35. The van der Waals surface area contributed by atoms with Crippen LogP contribution in [0.4, 0.5) is 0 Å². The van der Waals surface area contributed by atoms with E-state index in [9.17, 15) is 23.9 Å². The van der Waals surface area contributed by atoms with Gasteiger partial charge in [0.25, 0.3) is 0 Å². The number of nitro groups is 1. The fraction of sp³-hybridized carbons (Fsp3) is 0.750. The quantitative estimate of drug-likeness (QED) is 0.408.